The largest absolute Gasteiger partial charge is 0.497 e. The first-order valence-corrected chi connectivity index (χ1v) is 8.42. The van der Waals surface area contributed by atoms with Gasteiger partial charge in [0.15, 0.2) is 0 Å². The van der Waals surface area contributed by atoms with E-state index in [0.717, 1.165) is 17.4 Å². The van der Waals surface area contributed by atoms with Gasteiger partial charge in [-0.3, -0.25) is 9.78 Å². The third-order valence-corrected chi connectivity index (χ3v) is 4.55. The van der Waals surface area contributed by atoms with Crippen LogP contribution in [0.1, 0.15) is 11.3 Å². The number of anilines is 1. The standard InChI is InChI=1S/C21H16F2N2O2/c1-27-18-4-2-13(3-5-18)12-25-20-8-15(11-24-19(20)10-21(25)26)14-6-16(22)9-17(23)7-14/h2-9,11H,10,12H2,1H3. The molecule has 0 atom stereocenters. The van der Waals surface area contributed by atoms with Crippen molar-refractivity contribution in [2.24, 2.45) is 0 Å². The summed E-state index contributed by atoms with van der Waals surface area (Å²) in [5, 5.41) is 0. The Morgan fingerprint density at radius 3 is 2.41 bits per heavy atom. The van der Waals surface area contributed by atoms with Crippen LogP contribution in [0.2, 0.25) is 0 Å². The first-order chi connectivity index (χ1) is 13.0. The number of pyridine rings is 1. The minimum atomic E-state index is -0.656. The third-order valence-electron chi connectivity index (χ3n) is 4.55. The number of nitrogens with zero attached hydrogens (tertiary/aromatic N) is 2. The van der Waals surface area contributed by atoms with E-state index in [1.54, 1.807) is 18.1 Å². The fourth-order valence-electron chi connectivity index (χ4n) is 3.19. The number of ether oxygens (including phenoxy) is 1. The fourth-order valence-corrected chi connectivity index (χ4v) is 3.19. The van der Waals surface area contributed by atoms with Crippen LogP contribution in [0.25, 0.3) is 11.1 Å². The quantitative estimate of drug-likeness (QED) is 0.697. The molecule has 4 nitrogen and oxygen atoms in total. The summed E-state index contributed by atoms with van der Waals surface area (Å²) < 4.78 is 32.2. The fraction of sp³-hybridized carbons (Fsp3) is 0.143. The van der Waals surface area contributed by atoms with E-state index in [-0.39, 0.29) is 12.3 Å². The van der Waals surface area contributed by atoms with Crippen molar-refractivity contribution in [2.75, 3.05) is 12.0 Å². The Morgan fingerprint density at radius 2 is 1.74 bits per heavy atom. The number of hydrogen-bond acceptors (Lipinski definition) is 3. The lowest BCUT2D eigenvalue weighted by molar-refractivity contribution is -0.117. The Bertz CT molecular complexity index is 999. The molecule has 27 heavy (non-hydrogen) atoms. The maximum absolute atomic E-state index is 13.5. The Kier molecular flexibility index (Phi) is 4.32. The van der Waals surface area contributed by atoms with E-state index in [2.05, 4.69) is 4.98 Å². The number of rotatable bonds is 4. The highest BCUT2D eigenvalue weighted by Crippen LogP contribution is 2.33. The monoisotopic (exact) mass is 366 g/mol. The third kappa shape index (κ3) is 3.38. The van der Waals surface area contributed by atoms with Crippen LogP contribution in [0.5, 0.6) is 5.75 Å². The number of benzene rings is 2. The van der Waals surface area contributed by atoms with Gasteiger partial charge in [-0.25, -0.2) is 8.78 Å². The van der Waals surface area contributed by atoms with Crippen LogP contribution in [0.15, 0.2) is 54.7 Å². The molecule has 0 saturated heterocycles. The van der Waals surface area contributed by atoms with Crippen molar-refractivity contribution in [1.82, 2.24) is 4.98 Å². The summed E-state index contributed by atoms with van der Waals surface area (Å²) in [6.45, 7) is 0.387. The van der Waals surface area contributed by atoms with Crippen molar-refractivity contribution in [3.05, 3.63) is 77.6 Å². The molecular weight excluding hydrogens is 350 g/mol. The molecule has 1 aromatic heterocycles. The average Bonchev–Trinajstić information content (AvgIpc) is 2.96. The van der Waals surface area contributed by atoms with Gasteiger partial charge in [0, 0.05) is 17.8 Å². The van der Waals surface area contributed by atoms with Crippen LogP contribution in [0.4, 0.5) is 14.5 Å². The summed E-state index contributed by atoms with van der Waals surface area (Å²) in [4.78, 5) is 18.4. The Balaban J connectivity index is 1.68. The molecule has 1 aliphatic rings. The molecule has 0 aliphatic carbocycles. The molecule has 0 bridgehead atoms. The lowest BCUT2D eigenvalue weighted by Gasteiger charge is -2.18. The molecule has 3 aromatic rings. The normalized spacial score (nSPS) is 13.0. The Morgan fingerprint density at radius 1 is 1.04 bits per heavy atom. The summed E-state index contributed by atoms with van der Waals surface area (Å²) in [5.74, 6) is -0.631. The Hall–Kier alpha value is -3.28. The number of fused-ring (bicyclic) bond motifs is 1. The summed E-state index contributed by atoms with van der Waals surface area (Å²) in [7, 11) is 1.59. The van der Waals surface area contributed by atoms with E-state index in [0.29, 0.717) is 29.1 Å². The predicted octanol–water partition coefficient (Wildman–Crippen LogP) is 4.12. The van der Waals surface area contributed by atoms with Crippen LogP contribution in [-0.4, -0.2) is 18.0 Å². The molecule has 0 fully saturated rings. The molecule has 6 heteroatoms. The first kappa shape index (κ1) is 17.1. The molecule has 1 aliphatic heterocycles. The SMILES string of the molecule is COc1ccc(CN2C(=O)Cc3ncc(-c4cc(F)cc(F)c4)cc32)cc1. The zero-order valence-corrected chi connectivity index (χ0v) is 14.6. The Labute approximate surface area is 155 Å². The minimum Gasteiger partial charge on any atom is -0.497 e. The number of carbonyl (C=O) groups is 1. The first-order valence-electron chi connectivity index (χ1n) is 8.42. The van der Waals surface area contributed by atoms with E-state index in [1.165, 1.54) is 18.3 Å². The zero-order valence-electron chi connectivity index (χ0n) is 14.6. The molecule has 2 heterocycles. The summed E-state index contributed by atoms with van der Waals surface area (Å²) in [6, 6.07) is 12.5. The highest BCUT2D eigenvalue weighted by molar-refractivity contribution is 6.01. The summed E-state index contributed by atoms with van der Waals surface area (Å²) in [5.41, 5.74) is 3.21. The van der Waals surface area contributed by atoms with Crippen molar-refractivity contribution in [2.45, 2.75) is 13.0 Å². The highest BCUT2D eigenvalue weighted by atomic mass is 19.1. The number of amides is 1. The van der Waals surface area contributed by atoms with Gasteiger partial charge in [0.2, 0.25) is 5.91 Å². The second-order valence-corrected chi connectivity index (χ2v) is 6.35. The second kappa shape index (κ2) is 6.79. The molecule has 4 rings (SSSR count). The number of methoxy groups -OCH3 is 1. The molecular formula is C21H16F2N2O2. The van der Waals surface area contributed by atoms with Gasteiger partial charge in [0.25, 0.3) is 0 Å². The van der Waals surface area contributed by atoms with E-state index in [1.807, 2.05) is 24.3 Å². The van der Waals surface area contributed by atoms with E-state index >= 15 is 0 Å². The zero-order chi connectivity index (χ0) is 19.0. The molecule has 1 amide bonds. The molecule has 0 N–H and O–H groups in total. The topological polar surface area (TPSA) is 42.4 Å². The van der Waals surface area contributed by atoms with Gasteiger partial charge in [-0.1, -0.05) is 12.1 Å². The summed E-state index contributed by atoms with van der Waals surface area (Å²) >= 11 is 0. The molecule has 0 radical (unpaired) electrons. The predicted molar refractivity (Wildman–Crippen MR) is 97.5 cm³/mol. The van der Waals surface area contributed by atoms with Gasteiger partial charge in [0.05, 0.1) is 31.5 Å². The van der Waals surface area contributed by atoms with Crippen LogP contribution in [-0.2, 0) is 17.8 Å². The smallest absolute Gasteiger partial charge is 0.233 e. The van der Waals surface area contributed by atoms with Crippen LogP contribution < -0.4 is 9.64 Å². The van der Waals surface area contributed by atoms with E-state index in [9.17, 15) is 13.6 Å². The van der Waals surface area contributed by atoms with Gasteiger partial charge in [-0.15, -0.1) is 0 Å². The molecule has 2 aromatic carbocycles. The maximum Gasteiger partial charge on any atom is 0.233 e. The number of hydrogen-bond donors (Lipinski definition) is 0. The average molecular weight is 366 g/mol. The van der Waals surface area contributed by atoms with Crippen molar-refractivity contribution in [3.63, 3.8) is 0 Å². The van der Waals surface area contributed by atoms with E-state index < -0.39 is 11.6 Å². The van der Waals surface area contributed by atoms with Crippen molar-refractivity contribution >= 4 is 11.6 Å². The molecule has 0 spiro atoms. The van der Waals surface area contributed by atoms with Crippen LogP contribution in [0.3, 0.4) is 0 Å². The van der Waals surface area contributed by atoms with Gasteiger partial charge >= 0.3 is 0 Å². The number of aromatic nitrogens is 1. The maximum atomic E-state index is 13.5. The molecule has 0 saturated carbocycles. The van der Waals surface area contributed by atoms with Crippen LogP contribution in [0, 0.1) is 11.6 Å². The van der Waals surface area contributed by atoms with Gasteiger partial charge in [-0.05, 0) is 41.5 Å². The van der Waals surface area contributed by atoms with Crippen molar-refractivity contribution in [1.29, 1.82) is 0 Å². The van der Waals surface area contributed by atoms with Gasteiger partial charge < -0.3 is 9.64 Å². The molecule has 136 valence electrons. The van der Waals surface area contributed by atoms with Crippen molar-refractivity contribution in [3.8, 4) is 16.9 Å². The van der Waals surface area contributed by atoms with Crippen LogP contribution >= 0.6 is 0 Å². The van der Waals surface area contributed by atoms with Crippen molar-refractivity contribution < 1.29 is 18.3 Å². The minimum absolute atomic E-state index is 0.0594. The lowest BCUT2D eigenvalue weighted by Crippen LogP contribution is -2.25. The number of carbonyl (C=O) groups excluding carboxylic acids is 1. The van der Waals surface area contributed by atoms with Gasteiger partial charge in [0.1, 0.15) is 17.4 Å². The van der Waals surface area contributed by atoms with Gasteiger partial charge in [-0.2, -0.15) is 0 Å². The summed E-state index contributed by atoms with van der Waals surface area (Å²) in [6.07, 6.45) is 1.75. The number of halogens is 2. The second-order valence-electron chi connectivity index (χ2n) is 6.35. The van der Waals surface area contributed by atoms with E-state index in [4.69, 9.17) is 4.74 Å². The lowest BCUT2D eigenvalue weighted by atomic mass is 10.1. The highest BCUT2D eigenvalue weighted by Gasteiger charge is 2.29. The molecule has 0 unspecified atom stereocenters.